The van der Waals surface area contributed by atoms with Gasteiger partial charge in [0, 0.05) is 48.4 Å². The van der Waals surface area contributed by atoms with Gasteiger partial charge in [0.2, 0.25) is 6.79 Å². The van der Waals surface area contributed by atoms with Gasteiger partial charge in [0.25, 0.3) is 0 Å². The SMILES string of the molecule is c1cncc(CN(Cc2ccc3c(c2)OCO3)Cc2ccc([C@H]3CCCO3)s2)c1. The van der Waals surface area contributed by atoms with Crippen molar-refractivity contribution in [2.75, 3.05) is 13.4 Å². The van der Waals surface area contributed by atoms with Crippen molar-refractivity contribution >= 4 is 11.3 Å². The predicted molar refractivity (Wildman–Crippen MR) is 112 cm³/mol. The third kappa shape index (κ3) is 4.45. The van der Waals surface area contributed by atoms with Crippen LogP contribution in [0.25, 0.3) is 0 Å². The summed E-state index contributed by atoms with van der Waals surface area (Å²) >= 11 is 1.87. The highest BCUT2D eigenvalue weighted by atomic mass is 32.1. The summed E-state index contributed by atoms with van der Waals surface area (Å²) in [5, 5.41) is 0. The Morgan fingerprint density at radius 1 is 1.00 bits per heavy atom. The number of benzene rings is 1. The summed E-state index contributed by atoms with van der Waals surface area (Å²) < 4.78 is 16.9. The minimum Gasteiger partial charge on any atom is -0.454 e. The van der Waals surface area contributed by atoms with Crippen molar-refractivity contribution in [2.24, 2.45) is 0 Å². The van der Waals surface area contributed by atoms with E-state index in [-0.39, 0.29) is 6.10 Å². The second kappa shape index (κ2) is 8.53. The fraction of sp³-hybridized carbons (Fsp3) is 0.348. The summed E-state index contributed by atoms with van der Waals surface area (Å²) in [7, 11) is 0. The number of ether oxygens (including phenoxy) is 3. The number of fused-ring (bicyclic) bond motifs is 1. The van der Waals surface area contributed by atoms with Crippen LogP contribution in [0.4, 0.5) is 0 Å². The quantitative estimate of drug-likeness (QED) is 0.555. The largest absolute Gasteiger partial charge is 0.454 e. The third-order valence-electron chi connectivity index (χ3n) is 5.28. The average molecular weight is 409 g/mol. The summed E-state index contributed by atoms with van der Waals surface area (Å²) in [6.45, 7) is 3.75. The molecule has 5 rings (SSSR count). The molecule has 0 bridgehead atoms. The van der Waals surface area contributed by atoms with Crippen LogP contribution in [0.1, 0.15) is 39.8 Å². The van der Waals surface area contributed by atoms with Gasteiger partial charge in [-0.25, -0.2) is 0 Å². The Morgan fingerprint density at radius 2 is 1.93 bits per heavy atom. The molecule has 4 heterocycles. The highest BCUT2D eigenvalue weighted by molar-refractivity contribution is 7.12. The number of pyridine rings is 1. The third-order valence-corrected chi connectivity index (χ3v) is 6.44. The first-order valence-corrected chi connectivity index (χ1v) is 10.9. The van der Waals surface area contributed by atoms with Crippen LogP contribution in [0.2, 0.25) is 0 Å². The molecule has 0 saturated carbocycles. The zero-order chi connectivity index (χ0) is 19.5. The number of aromatic nitrogens is 1. The minimum atomic E-state index is 0.286. The lowest BCUT2D eigenvalue weighted by Crippen LogP contribution is -2.22. The van der Waals surface area contributed by atoms with Crippen LogP contribution in [0, 0.1) is 0 Å². The molecule has 0 radical (unpaired) electrons. The maximum absolute atomic E-state index is 5.85. The van der Waals surface area contributed by atoms with E-state index in [9.17, 15) is 0 Å². The van der Waals surface area contributed by atoms with Gasteiger partial charge < -0.3 is 14.2 Å². The van der Waals surface area contributed by atoms with E-state index in [1.807, 2.05) is 35.9 Å². The van der Waals surface area contributed by atoms with E-state index < -0.39 is 0 Å². The highest BCUT2D eigenvalue weighted by Crippen LogP contribution is 2.35. The van der Waals surface area contributed by atoms with Crippen LogP contribution in [0.15, 0.2) is 54.9 Å². The van der Waals surface area contributed by atoms with Crippen molar-refractivity contribution in [3.05, 3.63) is 75.7 Å². The highest BCUT2D eigenvalue weighted by Gasteiger charge is 2.20. The smallest absolute Gasteiger partial charge is 0.231 e. The molecule has 2 aliphatic heterocycles. The number of nitrogens with zero attached hydrogens (tertiary/aromatic N) is 2. The molecule has 0 unspecified atom stereocenters. The van der Waals surface area contributed by atoms with Crippen molar-refractivity contribution in [1.82, 2.24) is 9.88 Å². The molecule has 0 aliphatic carbocycles. The molecular weight excluding hydrogens is 384 g/mol. The first kappa shape index (κ1) is 18.6. The van der Waals surface area contributed by atoms with Crippen molar-refractivity contribution in [3.8, 4) is 11.5 Å². The molecule has 6 heteroatoms. The topological polar surface area (TPSA) is 43.8 Å². The standard InChI is InChI=1S/C23H24N2O3S/c1-3-18(12-24-9-1)14-25(13-17-5-7-20-22(11-17)28-16-27-20)15-19-6-8-23(29-19)21-4-2-10-26-21/h1,3,5-9,11-12,21H,2,4,10,13-16H2/t21-/m1/s1. The Kier molecular flexibility index (Phi) is 5.47. The molecule has 3 aromatic rings. The second-order valence-corrected chi connectivity index (χ2v) is 8.70. The van der Waals surface area contributed by atoms with Gasteiger partial charge in [0.1, 0.15) is 0 Å². The minimum absolute atomic E-state index is 0.286. The summed E-state index contributed by atoms with van der Waals surface area (Å²) in [5.74, 6) is 1.66. The molecule has 0 spiro atoms. The molecule has 1 atom stereocenters. The summed E-state index contributed by atoms with van der Waals surface area (Å²) in [5.41, 5.74) is 2.43. The van der Waals surface area contributed by atoms with Gasteiger partial charge >= 0.3 is 0 Å². The summed E-state index contributed by atoms with van der Waals surface area (Å²) in [4.78, 5) is 9.43. The van der Waals surface area contributed by atoms with E-state index in [2.05, 4.69) is 40.2 Å². The van der Waals surface area contributed by atoms with Crippen molar-refractivity contribution in [2.45, 2.75) is 38.6 Å². The monoisotopic (exact) mass is 408 g/mol. The van der Waals surface area contributed by atoms with Gasteiger partial charge in [0.15, 0.2) is 11.5 Å². The van der Waals surface area contributed by atoms with E-state index in [1.54, 1.807) is 0 Å². The van der Waals surface area contributed by atoms with Crippen LogP contribution in [-0.4, -0.2) is 23.3 Å². The molecule has 1 aromatic carbocycles. The normalized spacial score (nSPS) is 17.9. The molecule has 0 N–H and O–H groups in total. The fourth-order valence-electron chi connectivity index (χ4n) is 3.89. The maximum atomic E-state index is 5.85. The van der Waals surface area contributed by atoms with Gasteiger partial charge in [-0.15, -0.1) is 11.3 Å². The molecule has 150 valence electrons. The van der Waals surface area contributed by atoms with Crippen LogP contribution in [0.3, 0.4) is 0 Å². The Hall–Kier alpha value is -2.41. The number of rotatable bonds is 7. The van der Waals surface area contributed by atoms with Crippen molar-refractivity contribution in [3.63, 3.8) is 0 Å². The maximum Gasteiger partial charge on any atom is 0.231 e. The van der Waals surface area contributed by atoms with E-state index in [4.69, 9.17) is 14.2 Å². The fourth-order valence-corrected chi connectivity index (χ4v) is 5.03. The first-order chi connectivity index (χ1) is 14.3. The summed E-state index contributed by atoms with van der Waals surface area (Å²) in [6.07, 6.45) is 6.35. The van der Waals surface area contributed by atoms with Crippen LogP contribution < -0.4 is 9.47 Å². The molecule has 1 fully saturated rings. The van der Waals surface area contributed by atoms with E-state index in [0.29, 0.717) is 6.79 Å². The molecule has 1 saturated heterocycles. The Labute approximate surface area is 174 Å². The first-order valence-electron chi connectivity index (χ1n) is 10.0. The molecule has 2 aromatic heterocycles. The van der Waals surface area contributed by atoms with Gasteiger partial charge in [-0.1, -0.05) is 12.1 Å². The van der Waals surface area contributed by atoms with Gasteiger partial charge in [-0.05, 0) is 54.3 Å². The lowest BCUT2D eigenvalue weighted by atomic mass is 10.1. The number of hydrogen-bond donors (Lipinski definition) is 0. The molecular formula is C23H24N2O3S. The zero-order valence-electron chi connectivity index (χ0n) is 16.3. The van der Waals surface area contributed by atoms with E-state index >= 15 is 0 Å². The number of hydrogen-bond acceptors (Lipinski definition) is 6. The summed E-state index contributed by atoms with van der Waals surface area (Å²) in [6, 6.07) is 14.8. The van der Waals surface area contributed by atoms with Crippen molar-refractivity contribution in [1.29, 1.82) is 0 Å². The van der Waals surface area contributed by atoms with Gasteiger partial charge in [-0.2, -0.15) is 0 Å². The molecule has 2 aliphatic rings. The Balaban J connectivity index is 1.33. The Bertz CT molecular complexity index is 954. The predicted octanol–water partition coefficient (Wildman–Crippen LogP) is 4.93. The lowest BCUT2D eigenvalue weighted by molar-refractivity contribution is 0.114. The van der Waals surface area contributed by atoms with Crippen LogP contribution in [-0.2, 0) is 24.4 Å². The van der Waals surface area contributed by atoms with Crippen molar-refractivity contribution < 1.29 is 14.2 Å². The van der Waals surface area contributed by atoms with Gasteiger partial charge in [0.05, 0.1) is 6.10 Å². The molecule has 0 amide bonds. The number of thiophene rings is 1. The molecule has 29 heavy (non-hydrogen) atoms. The second-order valence-electron chi connectivity index (χ2n) is 7.50. The van der Waals surface area contributed by atoms with E-state index in [0.717, 1.165) is 50.6 Å². The average Bonchev–Trinajstić information content (AvgIpc) is 3.50. The Morgan fingerprint density at radius 3 is 2.79 bits per heavy atom. The van der Waals surface area contributed by atoms with Crippen LogP contribution >= 0.6 is 11.3 Å². The molecule has 5 nitrogen and oxygen atoms in total. The lowest BCUT2D eigenvalue weighted by Gasteiger charge is -2.22. The van der Waals surface area contributed by atoms with Crippen LogP contribution in [0.5, 0.6) is 11.5 Å². The van der Waals surface area contributed by atoms with E-state index in [1.165, 1.54) is 20.9 Å². The zero-order valence-corrected chi connectivity index (χ0v) is 17.1. The van der Waals surface area contributed by atoms with Gasteiger partial charge in [-0.3, -0.25) is 9.88 Å².